The number of aromatic nitrogens is 4. The molecular weight excluding hydrogens is 216 g/mol. The van der Waals surface area contributed by atoms with Crippen molar-refractivity contribution in [2.75, 3.05) is 11.1 Å². The Kier molecular flexibility index (Phi) is 2.34. The van der Waals surface area contributed by atoms with Gasteiger partial charge in [-0.1, -0.05) is 4.49 Å². The van der Waals surface area contributed by atoms with Gasteiger partial charge in [-0.3, -0.25) is 9.48 Å². The van der Waals surface area contributed by atoms with E-state index in [-0.39, 0.29) is 11.6 Å². The van der Waals surface area contributed by atoms with Crippen LogP contribution in [0.1, 0.15) is 10.5 Å². The number of aryl methyl sites for hydroxylation is 1. The highest BCUT2D eigenvalue weighted by Gasteiger charge is 2.13. The van der Waals surface area contributed by atoms with Gasteiger partial charge in [0.25, 0.3) is 5.91 Å². The summed E-state index contributed by atoms with van der Waals surface area (Å²) in [6, 6.07) is 0. The van der Waals surface area contributed by atoms with E-state index in [4.69, 9.17) is 5.73 Å². The van der Waals surface area contributed by atoms with Gasteiger partial charge < -0.3 is 11.1 Å². The maximum Gasteiger partial charge on any atom is 0.278 e. The lowest BCUT2D eigenvalue weighted by atomic mass is 10.4. The van der Waals surface area contributed by atoms with E-state index in [9.17, 15) is 4.79 Å². The second-order valence-electron chi connectivity index (χ2n) is 2.82. The number of nitrogen functional groups attached to an aromatic ring is 1. The average Bonchev–Trinajstić information content (AvgIpc) is 2.82. The van der Waals surface area contributed by atoms with Crippen molar-refractivity contribution in [1.82, 2.24) is 19.4 Å². The van der Waals surface area contributed by atoms with Gasteiger partial charge >= 0.3 is 0 Å². The number of amides is 1. The lowest BCUT2D eigenvalue weighted by Crippen LogP contribution is -2.16. The third-order valence-corrected chi connectivity index (χ3v) is 2.30. The lowest BCUT2D eigenvalue weighted by Gasteiger charge is -2.03. The Hall–Kier alpha value is -1.96. The minimum Gasteiger partial charge on any atom is -0.394 e. The van der Waals surface area contributed by atoms with Gasteiger partial charge in [-0.2, -0.15) is 5.10 Å². The molecule has 1 amide bonds. The molecule has 2 aromatic rings. The molecule has 0 aliphatic heterocycles. The Balaban J connectivity index is 2.20. The summed E-state index contributed by atoms with van der Waals surface area (Å²) in [5.41, 5.74) is 6.29. The first kappa shape index (κ1) is 9.59. The van der Waals surface area contributed by atoms with Gasteiger partial charge in [0.1, 0.15) is 0 Å². The molecule has 3 N–H and O–H groups in total. The largest absolute Gasteiger partial charge is 0.394 e. The summed E-state index contributed by atoms with van der Waals surface area (Å²) in [6.45, 7) is 0. The molecule has 0 radical (unpaired) electrons. The SMILES string of the molecule is Cn1ncc(N)c1NC(=O)c1csnn1. The Morgan fingerprint density at radius 2 is 2.47 bits per heavy atom. The molecule has 0 unspecified atom stereocenters. The number of carbonyl (C=O) groups is 1. The van der Waals surface area contributed by atoms with Crippen LogP contribution in [0.5, 0.6) is 0 Å². The first-order valence-corrected chi connectivity index (χ1v) is 4.88. The summed E-state index contributed by atoms with van der Waals surface area (Å²) in [4.78, 5) is 11.6. The summed E-state index contributed by atoms with van der Waals surface area (Å²) < 4.78 is 5.07. The zero-order chi connectivity index (χ0) is 10.8. The molecule has 7 nitrogen and oxygen atoms in total. The van der Waals surface area contributed by atoms with Crippen LogP contribution in [0.25, 0.3) is 0 Å². The van der Waals surface area contributed by atoms with Crippen molar-refractivity contribution < 1.29 is 4.79 Å². The standard InChI is InChI=1S/C7H8N6OS/c1-13-6(4(8)2-9-13)10-7(14)5-3-15-12-11-5/h2-3H,8H2,1H3,(H,10,14). The van der Waals surface area contributed by atoms with Crippen LogP contribution < -0.4 is 11.1 Å². The smallest absolute Gasteiger partial charge is 0.278 e. The fourth-order valence-corrected chi connectivity index (χ4v) is 1.48. The number of hydrogen-bond donors (Lipinski definition) is 2. The van der Waals surface area contributed by atoms with Gasteiger partial charge in [-0.15, -0.1) is 5.10 Å². The van der Waals surface area contributed by atoms with Crippen LogP contribution in [-0.2, 0) is 7.05 Å². The molecule has 0 fully saturated rings. The molecule has 0 spiro atoms. The molecule has 2 aromatic heterocycles. The predicted molar refractivity (Wildman–Crippen MR) is 55.5 cm³/mol. The second kappa shape index (κ2) is 3.65. The van der Waals surface area contributed by atoms with Gasteiger partial charge in [-0.05, 0) is 11.5 Å². The predicted octanol–water partition coefficient (Wildman–Crippen LogP) is 0.106. The van der Waals surface area contributed by atoms with Gasteiger partial charge in [-0.25, -0.2) is 0 Å². The molecule has 78 valence electrons. The van der Waals surface area contributed by atoms with Crippen molar-refractivity contribution in [3.8, 4) is 0 Å². The Labute approximate surface area is 89.1 Å². The molecule has 0 saturated heterocycles. The number of anilines is 2. The molecule has 0 aliphatic rings. The minimum absolute atomic E-state index is 0.264. The first-order valence-electron chi connectivity index (χ1n) is 4.04. The maximum atomic E-state index is 11.6. The molecular formula is C7H8N6OS. The van der Waals surface area contributed by atoms with Gasteiger partial charge in [0.15, 0.2) is 11.5 Å². The van der Waals surface area contributed by atoms with E-state index in [1.807, 2.05) is 0 Å². The summed E-state index contributed by atoms with van der Waals surface area (Å²) in [7, 11) is 1.69. The highest BCUT2D eigenvalue weighted by atomic mass is 32.1. The zero-order valence-corrected chi connectivity index (χ0v) is 8.65. The number of nitrogens with two attached hydrogens (primary N) is 1. The van der Waals surface area contributed by atoms with E-state index in [2.05, 4.69) is 20.0 Å². The first-order chi connectivity index (χ1) is 7.18. The Bertz CT molecular complexity index is 456. The molecule has 15 heavy (non-hydrogen) atoms. The highest BCUT2D eigenvalue weighted by molar-refractivity contribution is 7.03. The van der Waals surface area contributed by atoms with Crippen molar-refractivity contribution in [3.05, 3.63) is 17.3 Å². The number of nitrogens with one attached hydrogen (secondary N) is 1. The van der Waals surface area contributed by atoms with E-state index in [0.717, 1.165) is 11.5 Å². The second-order valence-corrected chi connectivity index (χ2v) is 3.43. The van der Waals surface area contributed by atoms with E-state index in [0.29, 0.717) is 11.5 Å². The van der Waals surface area contributed by atoms with Crippen LogP contribution in [0.4, 0.5) is 11.5 Å². The Morgan fingerprint density at radius 1 is 1.67 bits per heavy atom. The van der Waals surface area contributed by atoms with Crippen molar-refractivity contribution in [3.63, 3.8) is 0 Å². The molecule has 0 aliphatic carbocycles. The van der Waals surface area contributed by atoms with Crippen LogP contribution >= 0.6 is 11.5 Å². The molecule has 0 aromatic carbocycles. The van der Waals surface area contributed by atoms with Crippen molar-refractivity contribution in [1.29, 1.82) is 0 Å². The maximum absolute atomic E-state index is 11.6. The Morgan fingerprint density at radius 3 is 3.00 bits per heavy atom. The van der Waals surface area contributed by atoms with Crippen molar-refractivity contribution in [2.45, 2.75) is 0 Å². The van der Waals surface area contributed by atoms with Crippen molar-refractivity contribution in [2.24, 2.45) is 7.05 Å². The molecule has 0 bridgehead atoms. The van der Waals surface area contributed by atoms with E-state index < -0.39 is 0 Å². The third-order valence-electron chi connectivity index (χ3n) is 1.79. The number of nitrogens with zero attached hydrogens (tertiary/aromatic N) is 4. The summed E-state index contributed by atoms with van der Waals surface area (Å²) in [5, 5.41) is 11.7. The van der Waals surface area contributed by atoms with Crippen LogP contribution in [0.15, 0.2) is 11.6 Å². The number of rotatable bonds is 2. The van der Waals surface area contributed by atoms with E-state index in [1.54, 1.807) is 12.4 Å². The number of hydrogen-bond acceptors (Lipinski definition) is 6. The van der Waals surface area contributed by atoms with Gasteiger partial charge in [0.2, 0.25) is 0 Å². The van der Waals surface area contributed by atoms with Crippen molar-refractivity contribution >= 4 is 28.9 Å². The summed E-state index contributed by atoms with van der Waals surface area (Å²) >= 11 is 1.11. The zero-order valence-electron chi connectivity index (χ0n) is 7.84. The molecule has 2 rings (SSSR count). The number of carbonyl (C=O) groups excluding carboxylic acids is 1. The fourth-order valence-electron chi connectivity index (χ4n) is 1.04. The van der Waals surface area contributed by atoms with Crippen LogP contribution in [0, 0.1) is 0 Å². The van der Waals surface area contributed by atoms with Crippen LogP contribution in [0.2, 0.25) is 0 Å². The summed E-state index contributed by atoms with van der Waals surface area (Å²) in [6.07, 6.45) is 1.47. The lowest BCUT2D eigenvalue weighted by molar-refractivity contribution is 0.102. The molecule has 8 heteroatoms. The monoisotopic (exact) mass is 224 g/mol. The normalized spacial score (nSPS) is 10.2. The van der Waals surface area contributed by atoms with E-state index in [1.165, 1.54) is 10.9 Å². The highest BCUT2D eigenvalue weighted by Crippen LogP contribution is 2.16. The molecule has 2 heterocycles. The quantitative estimate of drug-likeness (QED) is 0.754. The minimum atomic E-state index is -0.348. The average molecular weight is 224 g/mol. The van der Waals surface area contributed by atoms with Crippen LogP contribution in [0.3, 0.4) is 0 Å². The van der Waals surface area contributed by atoms with E-state index >= 15 is 0 Å². The van der Waals surface area contributed by atoms with Gasteiger partial charge in [0, 0.05) is 12.4 Å². The van der Waals surface area contributed by atoms with Crippen LogP contribution in [-0.4, -0.2) is 25.3 Å². The topological polar surface area (TPSA) is 98.7 Å². The third kappa shape index (κ3) is 1.79. The van der Waals surface area contributed by atoms with Gasteiger partial charge in [0.05, 0.1) is 11.9 Å². The fraction of sp³-hybridized carbons (Fsp3) is 0.143. The molecule has 0 atom stereocenters. The summed E-state index contributed by atoms with van der Waals surface area (Å²) in [5.74, 6) is 0.104. The molecule has 0 saturated carbocycles.